The highest BCUT2D eigenvalue weighted by molar-refractivity contribution is 5.85. The van der Waals surface area contributed by atoms with Gasteiger partial charge in [-0.1, -0.05) is 38.0 Å². The third kappa shape index (κ3) is 1.74. The largest absolute Gasteiger partial charge is 0.348 e. The molecule has 1 aromatic carbocycles. The summed E-state index contributed by atoms with van der Waals surface area (Å²) in [6.45, 7) is 2.98. The van der Waals surface area contributed by atoms with E-state index in [0.717, 1.165) is 37.0 Å². The number of aromatic nitrogens is 2. The molecular weight excluding hydrogens is 224 g/mol. The summed E-state index contributed by atoms with van der Waals surface area (Å²) in [5.74, 6) is 0. The fourth-order valence-electron chi connectivity index (χ4n) is 2.85. The summed E-state index contributed by atoms with van der Waals surface area (Å²) < 4.78 is 1.83. The summed E-state index contributed by atoms with van der Waals surface area (Å²) in [5.41, 5.74) is 3.34. The number of nitrogens with zero attached hydrogens (tertiary/aromatic N) is 2. The average Bonchev–Trinajstić information content (AvgIpc) is 2.81. The first-order chi connectivity index (χ1) is 8.81. The minimum atomic E-state index is -0.0704. The molecule has 3 rings (SSSR count). The van der Waals surface area contributed by atoms with Crippen molar-refractivity contribution in [3.63, 3.8) is 0 Å². The Morgan fingerprint density at radius 3 is 3.06 bits per heavy atom. The Balaban J connectivity index is 2.13. The maximum atomic E-state index is 12.0. The van der Waals surface area contributed by atoms with Gasteiger partial charge in [0.15, 0.2) is 0 Å². The zero-order valence-electron chi connectivity index (χ0n) is 10.8. The smallest absolute Gasteiger partial charge is 0.291 e. The van der Waals surface area contributed by atoms with Crippen molar-refractivity contribution in [1.82, 2.24) is 9.55 Å². The zero-order valence-corrected chi connectivity index (χ0v) is 10.8. The Labute approximate surface area is 106 Å². The molecule has 0 atom stereocenters. The molecule has 94 valence electrons. The van der Waals surface area contributed by atoms with E-state index in [4.69, 9.17) is 0 Å². The lowest BCUT2D eigenvalue weighted by atomic mass is 10.1. The number of hydrogen-bond donors (Lipinski definition) is 0. The van der Waals surface area contributed by atoms with Gasteiger partial charge in [-0.15, -0.1) is 0 Å². The van der Waals surface area contributed by atoms with E-state index in [1.165, 1.54) is 23.8 Å². The van der Waals surface area contributed by atoms with E-state index in [1.807, 2.05) is 4.57 Å². The lowest BCUT2D eigenvalue weighted by Crippen LogP contribution is -2.22. The standard InChI is InChI=1S/C15H18N2O/c1-2-3-4-8-13-12-7-5-6-11-9-10-17(14(11)12)15(18)16-13/h5-7H,2-4,8-10H2,1H3. The average molecular weight is 242 g/mol. The molecule has 0 spiro atoms. The van der Waals surface area contributed by atoms with Crippen LogP contribution in [0.4, 0.5) is 0 Å². The minimum absolute atomic E-state index is 0.0704. The molecule has 0 bridgehead atoms. The van der Waals surface area contributed by atoms with Gasteiger partial charge >= 0.3 is 5.69 Å². The number of rotatable bonds is 4. The minimum Gasteiger partial charge on any atom is -0.291 e. The van der Waals surface area contributed by atoms with E-state index in [9.17, 15) is 4.79 Å². The highest BCUT2D eigenvalue weighted by Gasteiger charge is 2.18. The number of hydrogen-bond acceptors (Lipinski definition) is 2. The van der Waals surface area contributed by atoms with Gasteiger partial charge < -0.3 is 0 Å². The van der Waals surface area contributed by atoms with Crippen molar-refractivity contribution in [1.29, 1.82) is 0 Å². The van der Waals surface area contributed by atoms with Crippen LogP contribution in [0.2, 0.25) is 0 Å². The van der Waals surface area contributed by atoms with Crippen molar-refractivity contribution >= 4 is 10.9 Å². The highest BCUT2D eigenvalue weighted by atomic mass is 16.1. The molecule has 0 saturated heterocycles. The Bertz CT molecular complexity index is 643. The molecule has 2 heterocycles. The predicted molar refractivity (Wildman–Crippen MR) is 72.9 cm³/mol. The summed E-state index contributed by atoms with van der Waals surface area (Å²) >= 11 is 0. The summed E-state index contributed by atoms with van der Waals surface area (Å²) in [7, 11) is 0. The summed E-state index contributed by atoms with van der Waals surface area (Å²) in [6, 6.07) is 6.32. The molecule has 0 unspecified atom stereocenters. The van der Waals surface area contributed by atoms with Crippen LogP contribution in [0.25, 0.3) is 10.9 Å². The Morgan fingerprint density at radius 2 is 2.22 bits per heavy atom. The molecule has 2 aromatic rings. The van der Waals surface area contributed by atoms with Crippen molar-refractivity contribution in [2.45, 2.75) is 45.6 Å². The molecule has 0 amide bonds. The molecule has 0 aliphatic carbocycles. The van der Waals surface area contributed by atoms with Crippen molar-refractivity contribution < 1.29 is 0 Å². The molecule has 0 radical (unpaired) electrons. The van der Waals surface area contributed by atoms with Crippen LogP contribution in [0, 0.1) is 0 Å². The van der Waals surface area contributed by atoms with Crippen molar-refractivity contribution in [2.75, 3.05) is 0 Å². The van der Waals surface area contributed by atoms with Crippen LogP contribution in [0.1, 0.15) is 37.4 Å². The molecule has 3 nitrogen and oxygen atoms in total. The molecule has 18 heavy (non-hydrogen) atoms. The summed E-state index contributed by atoms with van der Waals surface area (Å²) in [5, 5.41) is 1.18. The third-order valence-corrected chi connectivity index (χ3v) is 3.78. The maximum absolute atomic E-state index is 12.0. The van der Waals surface area contributed by atoms with Gasteiger partial charge in [0.05, 0.1) is 11.2 Å². The van der Waals surface area contributed by atoms with Crippen LogP contribution in [0.15, 0.2) is 23.0 Å². The fourth-order valence-corrected chi connectivity index (χ4v) is 2.85. The van der Waals surface area contributed by atoms with Gasteiger partial charge in [0.1, 0.15) is 0 Å². The fraction of sp³-hybridized carbons (Fsp3) is 0.467. The molecule has 0 fully saturated rings. The van der Waals surface area contributed by atoms with E-state index in [0.29, 0.717) is 0 Å². The number of unbranched alkanes of at least 4 members (excludes halogenated alkanes) is 2. The maximum Gasteiger partial charge on any atom is 0.348 e. The molecule has 0 N–H and O–H groups in total. The monoisotopic (exact) mass is 242 g/mol. The molecule has 1 aromatic heterocycles. The number of para-hydroxylation sites is 1. The van der Waals surface area contributed by atoms with Crippen molar-refractivity contribution in [2.24, 2.45) is 0 Å². The first-order valence-electron chi connectivity index (χ1n) is 6.82. The molecule has 3 heteroatoms. The van der Waals surface area contributed by atoms with E-state index in [2.05, 4.69) is 30.1 Å². The van der Waals surface area contributed by atoms with Gasteiger partial charge in [0.2, 0.25) is 0 Å². The Kier molecular flexibility index (Phi) is 2.90. The molecule has 1 aliphatic rings. The van der Waals surface area contributed by atoms with E-state index in [1.54, 1.807) is 0 Å². The Morgan fingerprint density at radius 1 is 1.33 bits per heavy atom. The molecular formula is C15H18N2O. The second-order valence-electron chi connectivity index (χ2n) is 5.01. The van der Waals surface area contributed by atoms with Crippen molar-refractivity contribution in [3.05, 3.63) is 39.9 Å². The van der Waals surface area contributed by atoms with Crippen molar-refractivity contribution in [3.8, 4) is 0 Å². The van der Waals surface area contributed by atoms with Gasteiger partial charge in [-0.25, -0.2) is 4.79 Å². The Hall–Kier alpha value is -1.64. The number of benzene rings is 1. The van der Waals surface area contributed by atoms with Crippen LogP contribution in [0.3, 0.4) is 0 Å². The van der Waals surface area contributed by atoms with Gasteiger partial charge in [-0.2, -0.15) is 4.98 Å². The van der Waals surface area contributed by atoms with E-state index >= 15 is 0 Å². The highest BCUT2D eigenvalue weighted by Crippen LogP contribution is 2.25. The van der Waals surface area contributed by atoms with Crippen LogP contribution in [-0.4, -0.2) is 9.55 Å². The number of aryl methyl sites for hydroxylation is 3. The summed E-state index contributed by atoms with van der Waals surface area (Å²) in [6.07, 6.45) is 5.40. The quantitative estimate of drug-likeness (QED) is 0.773. The van der Waals surface area contributed by atoms with Crippen LogP contribution in [0.5, 0.6) is 0 Å². The second kappa shape index (κ2) is 4.56. The van der Waals surface area contributed by atoms with Gasteiger partial charge in [0.25, 0.3) is 0 Å². The van der Waals surface area contributed by atoms with E-state index in [-0.39, 0.29) is 5.69 Å². The van der Waals surface area contributed by atoms with Crippen LogP contribution in [-0.2, 0) is 19.4 Å². The van der Waals surface area contributed by atoms with Crippen LogP contribution < -0.4 is 5.69 Å². The van der Waals surface area contributed by atoms with Crippen LogP contribution >= 0.6 is 0 Å². The SMILES string of the molecule is CCCCCc1nc(=O)n2c3c(cccc13)CC2. The zero-order chi connectivity index (χ0) is 12.5. The van der Waals surface area contributed by atoms with Gasteiger partial charge in [-0.3, -0.25) is 4.57 Å². The van der Waals surface area contributed by atoms with Gasteiger partial charge in [-0.05, 0) is 24.8 Å². The lowest BCUT2D eigenvalue weighted by Gasteiger charge is -2.08. The lowest BCUT2D eigenvalue weighted by molar-refractivity contribution is 0.685. The normalized spacial score (nSPS) is 13.4. The van der Waals surface area contributed by atoms with Gasteiger partial charge in [0, 0.05) is 11.9 Å². The first-order valence-corrected chi connectivity index (χ1v) is 6.82. The second-order valence-corrected chi connectivity index (χ2v) is 5.01. The molecule has 1 aliphatic heterocycles. The van der Waals surface area contributed by atoms with E-state index < -0.39 is 0 Å². The first kappa shape index (κ1) is 11.5. The topological polar surface area (TPSA) is 34.9 Å². The predicted octanol–water partition coefficient (Wildman–Crippen LogP) is 2.69. The third-order valence-electron chi connectivity index (χ3n) is 3.78. The summed E-state index contributed by atoms with van der Waals surface area (Å²) in [4.78, 5) is 16.3. The molecule has 0 saturated carbocycles.